The molecule has 0 saturated carbocycles. The van der Waals surface area contributed by atoms with E-state index in [0.29, 0.717) is 18.0 Å². The van der Waals surface area contributed by atoms with Gasteiger partial charge < -0.3 is 10.1 Å². The number of thiol groups is 1. The van der Waals surface area contributed by atoms with Crippen LogP contribution in [0, 0.1) is 0 Å². The van der Waals surface area contributed by atoms with Crippen LogP contribution in [0.5, 0.6) is 5.75 Å². The van der Waals surface area contributed by atoms with Crippen LogP contribution in [0.4, 0.5) is 0 Å². The van der Waals surface area contributed by atoms with Gasteiger partial charge in [-0.05, 0) is 24.6 Å². The fourth-order valence-electron chi connectivity index (χ4n) is 1.51. The number of nitrogens with one attached hydrogen (secondary N) is 1. The molecule has 0 unspecified atom stereocenters. The Hall–Kier alpha value is -1.46. The van der Waals surface area contributed by atoms with Crippen LogP contribution in [0.15, 0.2) is 46.7 Å². The van der Waals surface area contributed by atoms with E-state index in [0.717, 1.165) is 17.1 Å². The van der Waals surface area contributed by atoms with Gasteiger partial charge in [-0.1, -0.05) is 18.2 Å². The maximum absolute atomic E-state index is 11.7. The highest BCUT2D eigenvalue weighted by molar-refractivity contribution is 7.80. The molecule has 0 atom stereocenters. The monoisotopic (exact) mass is 293 g/mol. The first-order valence-electron chi connectivity index (χ1n) is 5.99. The van der Waals surface area contributed by atoms with E-state index in [2.05, 4.69) is 17.9 Å². The van der Waals surface area contributed by atoms with Gasteiger partial charge in [-0.3, -0.25) is 4.79 Å². The van der Waals surface area contributed by atoms with Gasteiger partial charge in [-0.25, -0.2) is 0 Å². The molecule has 1 N–H and O–H groups in total. The number of amides is 1. The second-order valence-electron chi connectivity index (χ2n) is 3.94. The third-order valence-electron chi connectivity index (χ3n) is 2.43. The molecule has 0 radical (unpaired) electrons. The third kappa shape index (κ3) is 4.61. The van der Waals surface area contributed by atoms with Crippen molar-refractivity contribution in [1.82, 2.24) is 5.32 Å². The number of carbonyl (C=O) groups excluding carboxylic acids is 1. The lowest BCUT2D eigenvalue weighted by molar-refractivity contribution is 0.0955. The minimum Gasteiger partial charge on any atom is -0.494 e. The molecule has 2 aromatic rings. The summed E-state index contributed by atoms with van der Waals surface area (Å²) >= 11 is 5.57. The van der Waals surface area contributed by atoms with Gasteiger partial charge >= 0.3 is 0 Å². The second kappa shape index (κ2) is 7.21. The Morgan fingerprint density at radius 1 is 1.32 bits per heavy atom. The highest BCUT2D eigenvalue weighted by atomic mass is 32.1. The van der Waals surface area contributed by atoms with Gasteiger partial charge in [0.05, 0.1) is 11.5 Å². The highest BCUT2D eigenvalue weighted by Crippen LogP contribution is 2.17. The van der Waals surface area contributed by atoms with E-state index in [1.165, 1.54) is 11.3 Å². The molecule has 0 aliphatic heterocycles. The molecule has 3 nitrogen and oxygen atoms in total. The molecule has 5 heteroatoms. The van der Waals surface area contributed by atoms with Crippen LogP contribution < -0.4 is 10.1 Å². The SMILES string of the molecule is O=C(NCCCOc1ccccc1)c1cc(S)cs1. The van der Waals surface area contributed by atoms with Crippen molar-refractivity contribution in [1.29, 1.82) is 0 Å². The van der Waals surface area contributed by atoms with Gasteiger partial charge in [0.2, 0.25) is 0 Å². The van der Waals surface area contributed by atoms with E-state index in [1.54, 1.807) is 6.07 Å². The summed E-state index contributed by atoms with van der Waals surface area (Å²) in [5, 5.41) is 4.70. The van der Waals surface area contributed by atoms with Crippen molar-refractivity contribution in [2.45, 2.75) is 11.3 Å². The van der Waals surface area contributed by atoms with Gasteiger partial charge in [-0.15, -0.1) is 24.0 Å². The summed E-state index contributed by atoms with van der Waals surface area (Å²) in [5.41, 5.74) is 0. The van der Waals surface area contributed by atoms with Crippen molar-refractivity contribution in [2.75, 3.05) is 13.2 Å². The van der Waals surface area contributed by atoms with E-state index in [9.17, 15) is 4.79 Å². The van der Waals surface area contributed by atoms with Crippen molar-refractivity contribution in [3.63, 3.8) is 0 Å². The molecule has 0 aliphatic carbocycles. The first-order valence-corrected chi connectivity index (χ1v) is 7.32. The van der Waals surface area contributed by atoms with E-state index in [-0.39, 0.29) is 5.91 Å². The van der Waals surface area contributed by atoms with Gasteiger partial charge in [0.15, 0.2) is 0 Å². The Kier molecular flexibility index (Phi) is 5.30. The molecule has 1 aromatic carbocycles. The number of carbonyl (C=O) groups is 1. The van der Waals surface area contributed by atoms with Crippen molar-refractivity contribution < 1.29 is 9.53 Å². The van der Waals surface area contributed by atoms with E-state index < -0.39 is 0 Å². The smallest absolute Gasteiger partial charge is 0.261 e. The first-order chi connectivity index (χ1) is 9.25. The maximum Gasteiger partial charge on any atom is 0.261 e. The van der Waals surface area contributed by atoms with Crippen LogP contribution in [-0.4, -0.2) is 19.1 Å². The van der Waals surface area contributed by atoms with Crippen molar-refractivity contribution in [3.05, 3.63) is 46.7 Å². The Balaban J connectivity index is 1.63. The molecule has 1 heterocycles. The average molecular weight is 293 g/mol. The maximum atomic E-state index is 11.7. The van der Waals surface area contributed by atoms with Crippen LogP contribution in [0.1, 0.15) is 16.1 Å². The summed E-state index contributed by atoms with van der Waals surface area (Å²) < 4.78 is 5.54. The largest absolute Gasteiger partial charge is 0.494 e. The number of para-hydroxylation sites is 1. The summed E-state index contributed by atoms with van der Waals surface area (Å²) in [6.07, 6.45) is 0.778. The fraction of sp³-hybridized carbons (Fsp3) is 0.214. The zero-order valence-electron chi connectivity index (χ0n) is 10.3. The predicted octanol–water partition coefficient (Wildman–Crippen LogP) is 3.24. The molecule has 1 amide bonds. The topological polar surface area (TPSA) is 38.3 Å². The average Bonchev–Trinajstić information content (AvgIpc) is 2.86. The summed E-state index contributed by atoms with van der Waals surface area (Å²) in [5.74, 6) is 0.803. The lowest BCUT2D eigenvalue weighted by Crippen LogP contribution is -2.24. The molecule has 0 fully saturated rings. The van der Waals surface area contributed by atoms with E-state index in [1.807, 2.05) is 35.7 Å². The highest BCUT2D eigenvalue weighted by Gasteiger charge is 2.06. The summed E-state index contributed by atoms with van der Waals surface area (Å²) in [6, 6.07) is 11.4. The third-order valence-corrected chi connectivity index (χ3v) is 3.79. The molecular weight excluding hydrogens is 278 g/mol. The van der Waals surface area contributed by atoms with Crippen molar-refractivity contribution in [2.24, 2.45) is 0 Å². The Bertz CT molecular complexity index is 525. The Morgan fingerprint density at radius 3 is 2.79 bits per heavy atom. The Labute approximate surface area is 122 Å². The normalized spacial score (nSPS) is 10.2. The molecule has 0 aliphatic rings. The standard InChI is InChI=1S/C14H15NO2S2/c16-14(13-9-12(18)10-19-13)15-7-4-8-17-11-5-2-1-3-6-11/h1-3,5-6,9-10,18H,4,7-8H2,(H,15,16). The molecule has 0 saturated heterocycles. The number of hydrogen-bond acceptors (Lipinski definition) is 4. The Morgan fingerprint density at radius 2 is 2.11 bits per heavy atom. The molecule has 19 heavy (non-hydrogen) atoms. The van der Waals surface area contributed by atoms with Gasteiger partial charge in [0.25, 0.3) is 5.91 Å². The van der Waals surface area contributed by atoms with Crippen LogP contribution in [0.25, 0.3) is 0 Å². The minimum absolute atomic E-state index is 0.0509. The van der Waals surface area contributed by atoms with Gasteiger partial charge in [0.1, 0.15) is 5.75 Å². The molecule has 100 valence electrons. The van der Waals surface area contributed by atoms with Crippen LogP contribution in [0.3, 0.4) is 0 Å². The van der Waals surface area contributed by atoms with Gasteiger partial charge in [-0.2, -0.15) is 0 Å². The second-order valence-corrected chi connectivity index (χ2v) is 5.37. The zero-order chi connectivity index (χ0) is 13.5. The van der Waals surface area contributed by atoms with Gasteiger partial charge in [0, 0.05) is 16.8 Å². The van der Waals surface area contributed by atoms with E-state index in [4.69, 9.17) is 4.74 Å². The molecule has 1 aromatic heterocycles. The van der Waals surface area contributed by atoms with Crippen molar-refractivity contribution >= 4 is 29.9 Å². The summed E-state index contributed by atoms with van der Waals surface area (Å²) in [7, 11) is 0. The lowest BCUT2D eigenvalue weighted by Gasteiger charge is -2.06. The predicted molar refractivity (Wildman–Crippen MR) is 80.5 cm³/mol. The first kappa shape index (κ1) is 14.0. The van der Waals surface area contributed by atoms with Crippen LogP contribution in [-0.2, 0) is 0 Å². The molecule has 2 rings (SSSR count). The van der Waals surface area contributed by atoms with Crippen LogP contribution in [0.2, 0.25) is 0 Å². The number of thiophene rings is 1. The lowest BCUT2D eigenvalue weighted by atomic mass is 10.3. The molecule has 0 spiro atoms. The number of rotatable bonds is 6. The summed E-state index contributed by atoms with van der Waals surface area (Å²) in [4.78, 5) is 13.2. The van der Waals surface area contributed by atoms with Crippen LogP contribution >= 0.6 is 24.0 Å². The quantitative estimate of drug-likeness (QED) is 0.634. The zero-order valence-corrected chi connectivity index (χ0v) is 12.0. The molecular formula is C14H15NO2S2. The van der Waals surface area contributed by atoms with Crippen molar-refractivity contribution in [3.8, 4) is 5.75 Å². The fourth-order valence-corrected chi connectivity index (χ4v) is 2.58. The summed E-state index contributed by atoms with van der Waals surface area (Å²) in [6.45, 7) is 1.19. The molecule has 0 bridgehead atoms. The van der Waals surface area contributed by atoms with E-state index >= 15 is 0 Å². The minimum atomic E-state index is -0.0509. The number of benzene rings is 1. The number of hydrogen-bond donors (Lipinski definition) is 2. The number of ether oxygens (including phenoxy) is 1.